The zero-order chi connectivity index (χ0) is 5.70. The Morgan fingerprint density at radius 3 is 2.29 bits per heavy atom. The van der Waals surface area contributed by atoms with E-state index in [1.165, 1.54) is 6.20 Å². The quantitative estimate of drug-likeness (QED) is 0.367. The lowest BCUT2D eigenvalue weighted by molar-refractivity contribution is 0.643. The summed E-state index contributed by atoms with van der Waals surface area (Å²) in [5.41, 5.74) is 0. The van der Waals surface area contributed by atoms with Crippen LogP contribution in [-0.2, 0) is 0 Å². The van der Waals surface area contributed by atoms with E-state index in [-0.39, 0.29) is 0 Å². The lowest BCUT2D eigenvalue weighted by atomic mass is 10.9. The summed E-state index contributed by atoms with van der Waals surface area (Å²) in [7, 11) is 3.82. The van der Waals surface area contributed by atoms with Gasteiger partial charge in [-0.25, -0.2) is 4.99 Å². The lowest BCUT2D eigenvalue weighted by Crippen LogP contribution is -2.06. The van der Waals surface area contributed by atoms with Crippen LogP contribution >= 0.6 is 0 Å². The largest absolute Gasteiger partial charge is 0.369 e. The first-order chi connectivity index (χ1) is 3.27. The maximum Gasteiger partial charge on any atom is 0.0899 e. The molecule has 0 saturated carbocycles. The van der Waals surface area contributed by atoms with Crippen LogP contribution in [0.25, 0.3) is 0 Å². The standard InChI is InChI=1S/C5H10N2/c1-4-6-5-7(2)3/h4-5H,1H2,2-3H3. The van der Waals surface area contributed by atoms with E-state index in [1.54, 1.807) is 6.34 Å². The summed E-state index contributed by atoms with van der Waals surface area (Å²) >= 11 is 0. The molecule has 0 fully saturated rings. The molecule has 0 atom stereocenters. The smallest absolute Gasteiger partial charge is 0.0899 e. The molecule has 0 heterocycles. The molecule has 0 saturated heterocycles. The maximum atomic E-state index is 3.74. The Kier molecular flexibility index (Phi) is 3.02. The molecule has 0 aliphatic rings. The molecule has 0 aromatic rings. The van der Waals surface area contributed by atoms with Gasteiger partial charge >= 0.3 is 0 Å². The molecule has 2 heteroatoms. The highest BCUT2D eigenvalue weighted by Crippen LogP contribution is 1.66. The van der Waals surface area contributed by atoms with E-state index < -0.39 is 0 Å². The zero-order valence-corrected chi connectivity index (χ0v) is 4.76. The molecule has 0 N–H and O–H groups in total. The minimum atomic E-state index is 1.50. The number of rotatable bonds is 2. The van der Waals surface area contributed by atoms with Gasteiger partial charge in [0, 0.05) is 20.3 Å². The van der Waals surface area contributed by atoms with Crippen LogP contribution < -0.4 is 0 Å². The predicted molar refractivity (Wildman–Crippen MR) is 32.4 cm³/mol. The highest BCUT2D eigenvalue weighted by Gasteiger charge is 1.68. The number of hydrogen-bond donors (Lipinski definition) is 0. The molecule has 0 unspecified atom stereocenters. The minimum absolute atomic E-state index is 1.50. The van der Waals surface area contributed by atoms with E-state index in [2.05, 4.69) is 11.6 Å². The van der Waals surface area contributed by atoms with Crippen molar-refractivity contribution in [2.45, 2.75) is 0 Å². The second kappa shape index (κ2) is 3.40. The summed E-state index contributed by atoms with van der Waals surface area (Å²) in [6.45, 7) is 3.41. The molecule has 0 aliphatic carbocycles. The van der Waals surface area contributed by atoms with E-state index in [0.717, 1.165) is 0 Å². The SMILES string of the molecule is C=CN=CN(C)C. The molecular weight excluding hydrogens is 88.1 g/mol. The van der Waals surface area contributed by atoms with Gasteiger partial charge in [-0.3, -0.25) is 0 Å². The van der Waals surface area contributed by atoms with E-state index >= 15 is 0 Å². The Balaban J connectivity index is 3.25. The van der Waals surface area contributed by atoms with Gasteiger partial charge in [0.2, 0.25) is 0 Å². The summed E-state index contributed by atoms with van der Waals surface area (Å²) in [6, 6.07) is 0. The van der Waals surface area contributed by atoms with Gasteiger partial charge < -0.3 is 4.90 Å². The van der Waals surface area contributed by atoms with Crippen LogP contribution in [0.1, 0.15) is 0 Å². The molecule has 0 spiro atoms. The van der Waals surface area contributed by atoms with E-state index in [0.29, 0.717) is 0 Å². The lowest BCUT2D eigenvalue weighted by Gasteiger charge is -1.98. The Morgan fingerprint density at radius 1 is 1.57 bits per heavy atom. The third kappa shape index (κ3) is 5.21. The van der Waals surface area contributed by atoms with Gasteiger partial charge in [-0.05, 0) is 0 Å². The zero-order valence-electron chi connectivity index (χ0n) is 4.76. The van der Waals surface area contributed by atoms with E-state index in [4.69, 9.17) is 0 Å². The van der Waals surface area contributed by atoms with E-state index in [1.807, 2.05) is 19.0 Å². The van der Waals surface area contributed by atoms with Crippen molar-refractivity contribution in [3.8, 4) is 0 Å². The number of hydrogen-bond acceptors (Lipinski definition) is 1. The van der Waals surface area contributed by atoms with Gasteiger partial charge in [0.25, 0.3) is 0 Å². The van der Waals surface area contributed by atoms with Crippen molar-refractivity contribution in [2.24, 2.45) is 4.99 Å². The molecule has 0 amide bonds. The number of nitrogens with zero attached hydrogens (tertiary/aromatic N) is 2. The Morgan fingerprint density at radius 2 is 2.14 bits per heavy atom. The van der Waals surface area contributed by atoms with Crippen molar-refractivity contribution in [1.82, 2.24) is 4.90 Å². The third-order valence-electron chi connectivity index (χ3n) is 0.403. The predicted octanol–water partition coefficient (Wildman–Crippen LogP) is 0.720. The molecule has 0 aromatic heterocycles. The van der Waals surface area contributed by atoms with E-state index in [9.17, 15) is 0 Å². The molecular formula is C5H10N2. The van der Waals surface area contributed by atoms with Crippen LogP contribution in [0.4, 0.5) is 0 Å². The highest BCUT2D eigenvalue weighted by molar-refractivity contribution is 5.54. The molecule has 0 aliphatic heterocycles. The van der Waals surface area contributed by atoms with Crippen LogP contribution in [0.5, 0.6) is 0 Å². The first-order valence-corrected chi connectivity index (χ1v) is 2.08. The fourth-order valence-corrected chi connectivity index (χ4v) is 0.180. The Hall–Kier alpha value is -0.790. The van der Waals surface area contributed by atoms with Crippen molar-refractivity contribution < 1.29 is 0 Å². The maximum absolute atomic E-state index is 3.74. The average molecular weight is 98.1 g/mol. The van der Waals surface area contributed by atoms with Gasteiger partial charge in [0.15, 0.2) is 0 Å². The van der Waals surface area contributed by atoms with Crippen LogP contribution in [0, 0.1) is 0 Å². The topological polar surface area (TPSA) is 15.6 Å². The summed E-state index contributed by atoms with van der Waals surface area (Å²) in [6.07, 6.45) is 3.19. The molecule has 0 rings (SSSR count). The second-order valence-corrected chi connectivity index (χ2v) is 1.41. The van der Waals surface area contributed by atoms with Crippen LogP contribution in [0.15, 0.2) is 17.8 Å². The van der Waals surface area contributed by atoms with Crippen LogP contribution in [0.3, 0.4) is 0 Å². The fraction of sp³-hybridized carbons (Fsp3) is 0.400. The molecule has 0 aromatic carbocycles. The monoisotopic (exact) mass is 98.1 g/mol. The van der Waals surface area contributed by atoms with Gasteiger partial charge in [-0.2, -0.15) is 0 Å². The molecule has 40 valence electrons. The normalized spacial score (nSPS) is 9.43. The minimum Gasteiger partial charge on any atom is -0.369 e. The van der Waals surface area contributed by atoms with Crippen molar-refractivity contribution >= 4 is 6.34 Å². The number of aliphatic imine (C=N–C) groups is 1. The Bertz CT molecular complexity index is 74.1. The first kappa shape index (κ1) is 6.21. The summed E-state index contributed by atoms with van der Waals surface area (Å²) in [5.74, 6) is 0. The second-order valence-electron chi connectivity index (χ2n) is 1.41. The van der Waals surface area contributed by atoms with Crippen molar-refractivity contribution in [2.75, 3.05) is 14.1 Å². The van der Waals surface area contributed by atoms with Gasteiger partial charge in [-0.1, -0.05) is 6.58 Å². The first-order valence-electron chi connectivity index (χ1n) is 2.08. The third-order valence-corrected chi connectivity index (χ3v) is 0.403. The van der Waals surface area contributed by atoms with Gasteiger partial charge in [-0.15, -0.1) is 0 Å². The van der Waals surface area contributed by atoms with Gasteiger partial charge in [0.05, 0.1) is 6.34 Å². The van der Waals surface area contributed by atoms with Crippen molar-refractivity contribution in [3.63, 3.8) is 0 Å². The molecule has 0 bridgehead atoms. The summed E-state index contributed by atoms with van der Waals surface area (Å²) < 4.78 is 0. The molecule has 0 radical (unpaired) electrons. The summed E-state index contributed by atoms with van der Waals surface area (Å²) in [4.78, 5) is 5.58. The van der Waals surface area contributed by atoms with Gasteiger partial charge in [0.1, 0.15) is 0 Å². The van der Waals surface area contributed by atoms with Crippen LogP contribution in [-0.4, -0.2) is 25.3 Å². The van der Waals surface area contributed by atoms with Crippen LogP contribution in [0.2, 0.25) is 0 Å². The molecule has 2 nitrogen and oxygen atoms in total. The summed E-state index contributed by atoms with van der Waals surface area (Å²) in [5, 5.41) is 0. The average Bonchev–Trinajstić information content (AvgIpc) is 1.61. The van der Waals surface area contributed by atoms with Crippen molar-refractivity contribution in [3.05, 3.63) is 12.8 Å². The highest BCUT2D eigenvalue weighted by atomic mass is 15.1. The fourth-order valence-electron chi connectivity index (χ4n) is 0.180. The van der Waals surface area contributed by atoms with Crippen molar-refractivity contribution in [1.29, 1.82) is 0 Å². The molecule has 7 heavy (non-hydrogen) atoms. The Labute approximate surface area is 44.2 Å².